The van der Waals surface area contributed by atoms with Gasteiger partial charge in [-0.3, -0.25) is 0 Å². The van der Waals surface area contributed by atoms with E-state index in [1.807, 2.05) is 0 Å². The van der Waals surface area contributed by atoms with Crippen LogP contribution in [0.2, 0.25) is 0 Å². The number of rotatable bonds is 0. The predicted octanol–water partition coefficient (Wildman–Crippen LogP) is -6.02. The van der Waals surface area contributed by atoms with E-state index in [-0.39, 0.29) is 58.5 Å². The van der Waals surface area contributed by atoms with Gasteiger partial charge in [0.05, 0.1) is 16.6 Å². The van der Waals surface area contributed by atoms with Crippen molar-refractivity contribution in [2.45, 2.75) is 0 Å². The molecule has 1 nitrogen and oxygen atoms in total. The van der Waals surface area contributed by atoms with Crippen molar-refractivity contribution >= 4 is 39.7 Å². The Kier molecular flexibility index (Phi) is 88.7. The largest absolute Gasteiger partial charge is 1.00 e. The second kappa shape index (κ2) is 21.0. The first kappa shape index (κ1) is 16.9. The molecule has 0 bridgehead atoms. The van der Waals surface area contributed by atoms with Crippen LogP contribution in [0, 0.1) is 0 Å². The molecular weight excluding hydrogens is 74.2 g/mol. The van der Waals surface area contributed by atoms with Gasteiger partial charge in [0, 0.05) is 0 Å². The van der Waals surface area contributed by atoms with Gasteiger partial charge in [0.2, 0.25) is 0 Å². The molecule has 0 aromatic rings. The molecule has 0 saturated carbocycles. The predicted molar refractivity (Wildman–Crippen MR) is 17.1 cm³/mol. The van der Waals surface area contributed by atoms with Crippen LogP contribution < -0.4 is 23.0 Å². The average Bonchev–Trinajstić information content (AvgIpc) is 1.00. The van der Waals surface area contributed by atoms with E-state index in [9.17, 15) is 0 Å². The Morgan fingerprint density at radius 3 is 1.25 bits per heavy atom. The molecule has 0 aromatic carbocycles. The molecule has 0 aromatic heterocycles. The van der Waals surface area contributed by atoms with E-state index in [2.05, 4.69) is 0 Å². The first-order valence-corrected chi connectivity index (χ1v) is 1.22. The zero-order valence-electron chi connectivity index (χ0n) is 2.41. The molecule has 0 fully saturated rings. The fourth-order valence-electron chi connectivity index (χ4n) is 0. The van der Waals surface area contributed by atoms with Crippen LogP contribution in [-0.2, 0) is 0 Å². The normalized spacial score (nSPS) is 1.25. The molecular formula is H4AlLiMgO. The Labute approximate surface area is 62.2 Å². The molecule has 0 aliphatic carbocycles. The summed E-state index contributed by atoms with van der Waals surface area (Å²) in [6, 6.07) is 0. The molecule has 0 radical (unpaired) electrons. The third kappa shape index (κ3) is 9.13. The van der Waals surface area contributed by atoms with Gasteiger partial charge < -0.3 is 4.16 Å². The minimum absolute atomic E-state index is 0. The van der Waals surface area contributed by atoms with Crippen LogP contribution in [0.4, 0.5) is 0 Å². The Morgan fingerprint density at radius 2 is 1.25 bits per heavy atom. The summed E-state index contributed by atoms with van der Waals surface area (Å²) in [6.45, 7) is 0. The third-order valence-electron chi connectivity index (χ3n) is 0. The third-order valence-corrected chi connectivity index (χ3v) is 0. The minimum Gasteiger partial charge on any atom is -0.897 e. The molecule has 0 amide bonds. The fraction of sp³-hybridized carbons (Fsp3) is 0. The van der Waals surface area contributed by atoms with E-state index in [0.29, 0.717) is 0 Å². The summed E-state index contributed by atoms with van der Waals surface area (Å²) in [7, 11) is 0. The molecule has 4 heteroatoms. The van der Waals surface area contributed by atoms with Gasteiger partial charge in [0.1, 0.15) is 0 Å². The van der Waals surface area contributed by atoms with Crippen LogP contribution in [0.3, 0.4) is 0 Å². The van der Waals surface area contributed by atoms with Crippen molar-refractivity contribution in [2.24, 2.45) is 0 Å². The molecule has 4 heavy (non-hydrogen) atoms. The van der Waals surface area contributed by atoms with Gasteiger partial charge in [-0.15, -0.1) is 0 Å². The van der Waals surface area contributed by atoms with Crippen molar-refractivity contribution in [3.63, 3.8) is 0 Å². The second-order valence-corrected chi connectivity index (χ2v) is 0. The summed E-state index contributed by atoms with van der Waals surface area (Å²) in [5.41, 5.74) is 0. The molecule has 0 aliphatic rings. The van der Waals surface area contributed by atoms with Crippen molar-refractivity contribution in [2.75, 3.05) is 0 Å². The van der Waals surface area contributed by atoms with E-state index < -0.39 is 0 Å². The molecule has 0 heterocycles. The first-order valence-electron chi connectivity index (χ1n) is 0.408. The molecule has 16 valence electrons. The zero-order chi connectivity index (χ0) is 2.00. The van der Waals surface area contributed by atoms with Crippen LogP contribution in [0.15, 0.2) is 0 Å². The first-order chi connectivity index (χ1) is 1.00. The van der Waals surface area contributed by atoms with Crippen LogP contribution in [0.5, 0.6) is 0 Å². The maximum Gasteiger partial charge on any atom is 1.00 e. The quantitative estimate of drug-likeness (QED) is 0.265. The monoisotopic (exact) mass is 78.0 g/mol. The van der Waals surface area contributed by atoms with Crippen LogP contribution >= 0.6 is 0 Å². The van der Waals surface area contributed by atoms with Crippen molar-refractivity contribution in [1.82, 2.24) is 0 Å². The summed E-state index contributed by atoms with van der Waals surface area (Å²) in [5.74, 6) is 0. The van der Waals surface area contributed by atoms with Crippen molar-refractivity contribution in [3.8, 4) is 0 Å². The van der Waals surface area contributed by atoms with Gasteiger partial charge in [0.15, 0.2) is 0 Å². The van der Waals surface area contributed by atoms with E-state index in [1.54, 1.807) is 0 Å². The van der Waals surface area contributed by atoms with Gasteiger partial charge in [-0.05, 0) is 0 Å². The second-order valence-electron chi connectivity index (χ2n) is 0. The maximum absolute atomic E-state index is 8.39. The average molecular weight is 78.3 g/mol. The summed E-state index contributed by atoms with van der Waals surface area (Å²) in [4.78, 5) is 0. The minimum atomic E-state index is 0. The maximum atomic E-state index is 8.39. The smallest absolute Gasteiger partial charge is 0.897 e. The van der Waals surface area contributed by atoms with Crippen LogP contribution in [0.1, 0.15) is 0 Å². The van der Waals surface area contributed by atoms with E-state index in [4.69, 9.17) is 4.16 Å². The van der Waals surface area contributed by atoms with Gasteiger partial charge >= 0.3 is 41.9 Å². The van der Waals surface area contributed by atoms with Crippen LogP contribution in [0.25, 0.3) is 0 Å². The molecule has 0 N–H and O–H groups in total. The number of hydrogen-bond acceptors (Lipinski definition) is 1. The van der Waals surface area contributed by atoms with E-state index >= 15 is 0 Å². The summed E-state index contributed by atoms with van der Waals surface area (Å²) < 4.78 is 8.39. The van der Waals surface area contributed by atoms with Crippen molar-refractivity contribution in [3.05, 3.63) is 0 Å². The molecule has 0 aliphatic heterocycles. The van der Waals surface area contributed by atoms with E-state index in [1.165, 1.54) is 0 Å². The van der Waals surface area contributed by atoms with Gasteiger partial charge in [0.25, 0.3) is 0 Å². The summed E-state index contributed by atoms with van der Waals surface area (Å²) in [6.07, 6.45) is 0. The summed E-state index contributed by atoms with van der Waals surface area (Å²) in [5, 5.41) is 0. The molecule has 0 unspecified atom stereocenters. The molecule has 0 saturated heterocycles. The van der Waals surface area contributed by atoms with Crippen molar-refractivity contribution in [1.29, 1.82) is 0 Å². The molecule has 0 atom stereocenters. The molecule has 0 spiro atoms. The topological polar surface area (TPSA) is 23.1 Å². The van der Waals surface area contributed by atoms with E-state index in [0.717, 1.165) is 0 Å². The van der Waals surface area contributed by atoms with Gasteiger partial charge in [-0.1, -0.05) is 0 Å². The SMILES string of the molecule is [Li+].[MgH2].[O-][AlH2]. The van der Waals surface area contributed by atoms with Crippen molar-refractivity contribution < 1.29 is 23.0 Å². The van der Waals surface area contributed by atoms with Gasteiger partial charge in [-0.2, -0.15) is 0 Å². The Bertz CT molecular complexity index is 8.00. The summed E-state index contributed by atoms with van der Waals surface area (Å²) >= 11 is 0.0556. The van der Waals surface area contributed by atoms with Gasteiger partial charge in [-0.25, -0.2) is 0 Å². The van der Waals surface area contributed by atoms with Crippen LogP contribution in [-0.4, -0.2) is 39.7 Å². The Hall–Kier alpha value is 1.86. The Morgan fingerprint density at radius 1 is 1.25 bits per heavy atom. The fourth-order valence-corrected chi connectivity index (χ4v) is 0. The molecule has 0 rings (SSSR count). The zero-order valence-corrected chi connectivity index (χ0v) is 4.41. The Balaban J connectivity index is -0.00000000500. The number of hydrogen-bond donors (Lipinski definition) is 0. The standard InChI is InChI=1S/Al.Li.Mg.O.4H/q;+1;;-1;;;;.